The van der Waals surface area contributed by atoms with Gasteiger partial charge in [-0.25, -0.2) is 9.37 Å². The normalized spacial score (nSPS) is 26.5. The Kier molecular flexibility index (Phi) is 2.97. The lowest BCUT2D eigenvalue weighted by molar-refractivity contribution is 0.290. The summed E-state index contributed by atoms with van der Waals surface area (Å²) < 4.78 is 15.6. The molecule has 0 N–H and O–H groups in total. The molecule has 1 aromatic heterocycles. The molecular formula is C15H17ClFN3. The van der Waals surface area contributed by atoms with Crippen molar-refractivity contribution in [2.24, 2.45) is 0 Å². The average Bonchev–Trinajstić information content (AvgIpc) is 3.10. The first kappa shape index (κ1) is 12.6. The molecule has 0 saturated carbocycles. The molecule has 0 aliphatic carbocycles. The van der Waals surface area contributed by atoms with E-state index in [4.69, 9.17) is 11.6 Å². The SMILES string of the molecule is Fc1ccc2c(c1)nc(CCl)n2C1CCN2CCCC12. The minimum Gasteiger partial charge on any atom is -0.322 e. The zero-order valence-corrected chi connectivity index (χ0v) is 12.0. The number of halogens is 2. The van der Waals surface area contributed by atoms with Gasteiger partial charge in [-0.2, -0.15) is 0 Å². The lowest BCUT2D eigenvalue weighted by Crippen LogP contribution is -2.28. The maximum absolute atomic E-state index is 13.4. The molecule has 1 aromatic carbocycles. The highest BCUT2D eigenvalue weighted by Gasteiger charge is 2.39. The number of fused-ring (bicyclic) bond motifs is 2. The van der Waals surface area contributed by atoms with E-state index in [2.05, 4.69) is 14.5 Å². The van der Waals surface area contributed by atoms with Crippen LogP contribution in [0.5, 0.6) is 0 Å². The van der Waals surface area contributed by atoms with Crippen LogP contribution >= 0.6 is 11.6 Å². The van der Waals surface area contributed by atoms with E-state index in [9.17, 15) is 4.39 Å². The van der Waals surface area contributed by atoms with Crippen LogP contribution in [0.3, 0.4) is 0 Å². The molecule has 0 spiro atoms. The number of nitrogens with zero attached hydrogens (tertiary/aromatic N) is 3. The van der Waals surface area contributed by atoms with Gasteiger partial charge in [0.1, 0.15) is 11.6 Å². The topological polar surface area (TPSA) is 21.1 Å². The van der Waals surface area contributed by atoms with Crippen LogP contribution in [-0.2, 0) is 5.88 Å². The molecular weight excluding hydrogens is 277 g/mol. The number of aromatic nitrogens is 2. The number of benzene rings is 1. The Hall–Kier alpha value is -1.13. The van der Waals surface area contributed by atoms with E-state index in [1.807, 2.05) is 6.07 Å². The van der Waals surface area contributed by atoms with Crippen molar-refractivity contribution in [3.05, 3.63) is 29.8 Å². The highest BCUT2D eigenvalue weighted by atomic mass is 35.5. The molecule has 2 aromatic rings. The molecule has 2 aliphatic rings. The molecule has 2 unspecified atom stereocenters. The van der Waals surface area contributed by atoms with Gasteiger partial charge in [0.15, 0.2) is 0 Å². The largest absolute Gasteiger partial charge is 0.322 e. The molecule has 4 rings (SSSR count). The Morgan fingerprint density at radius 3 is 3.00 bits per heavy atom. The smallest absolute Gasteiger partial charge is 0.125 e. The predicted octanol–water partition coefficient (Wildman–Crippen LogP) is 3.32. The van der Waals surface area contributed by atoms with Gasteiger partial charge < -0.3 is 4.57 Å². The van der Waals surface area contributed by atoms with Crippen LogP contribution in [0.15, 0.2) is 18.2 Å². The van der Waals surface area contributed by atoms with Crippen LogP contribution in [0.25, 0.3) is 11.0 Å². The third-order valence-corrected chi connectivity index (χ3v) is 4.99. The molecule has 2 fully saturated rings. The van der Waals surface area contributed by atoms with Crippen LogP contribution in [0, 0.1) is 5.82 Å². The van der Waals surface area contributed by atoms with Crippen molar-refractivity contribution in [3.63, 3.8) is 0 Å². The fraction of sp³-hybridized carbons (Fsp3) is 0.533. The van der Waals surface area contributed by atoms with Crippen LogP contribution < -0.4 is 0 Å². The van der Waals surface area contributed by atoms with Gasteiger partial charge in [0.2, 0.25) is 0 Å². The van der Waals surface area contributed by atoms with E-state index in [1.165, 1.54) is 31.5 Å². The summed E-state index contributed by atoms with van der Waals surface area (Å²) in [6.07, 6.45) is 3.66. The number of hydrogen-bond acceptors (Lipinski definition) is 2. The lowest BCUT2D eigenvalue weighted by Gasteiger charge is -2.23. The van der Waals surface area contributed by atoms with Crippen molar-refractivity contribution in [2.75, 3.05) is 13.1 Å². The highest BCUT2D eigenvalue weighted by molar-refractivity contribution is 6.16. The van der Waals surface area contributed by atoms with Gasteiger partial charge in [-0.15, -0.1) is 11.6 Å². The number of hydrogen-bond donors (Lipinski definition) is 0. The van der Waals surface area contributed by atoms with Crippen LogP contribution in [0.2, 0.25) is 0 Å². The summed E-state index contributed by atoms with van der Waals surface area (Å²) in [4.78, 5) is 7.09. The summed E-state index contributed by atoms with van der Waals surface area (Å²) in [5.74, 6) is 1.00. The Morgan fingerprint density at radius 1 is 1.25 bits per heavy atom. The van der Waals surface area contributed by atoms with Gasteiger partial charge in [-0.3, -0.25) is 4.90 Å². The maximum atomic E-state index is 13.4. The standard InChI is InChI=1S/C15H17ClFN3/c16-9-15-18-11-8-10(17)3-4-12(11)20(15)14-5-7-19-6-1-2-13(14)19/h3-4,8,13-14H,1-2,5-7,9H2. The summed E-state index contributed by atoms with van der Waals surface area (Å²) in [5, 5.41) is 0. The van der Waals surface area contributed by atoms with Gasteiger partial charge in [0, 0.05) is 18.7 Å². The number of alkyl halides is 1. The van der Waals surface area contributed by atoms with E-state index >= 15 is 0 Å². The Morgan fingerprint density at radius 2 is 2.15 bits per heavy atom. The van der Waals surface area contributed by atoms with Crippen molar-refractivity contribution in [2.45, 2.75) is 37.2 Å². The van der Waals surface area contributed by atoms with Crippen LogP contribution in [-0.4, -0.2) is 33.6 Å². The van der Waals surface area contributed by atoms with E-state index in [-0.39, 0.29) is 5.82 Å². The van der Waals surface area contributed by atoms with E-state index in [0.29, 0.717) is 18.0 Å². The van der Waals surface area contributed by atoms with Crippen molar-refractivity contribution in [1.29, 1.82) is 0 Å². The molecule has 0 amide bonds. The maximum Gasteiger partial charge on any atom is 0.125 e. The third kappa shape index (κ3) is 1.78. The summed E-state index contributed by atoms with van der Waals surface area (Å²) in [6, 6.07) is 5.88. The fourth-order valence-electron chi connectivity index (χ4n) is 3.94. The molecule has 2 atom stereocenters. The van der Waals surface area contributed by atoms with Gasteiger partial charge in [-0.1, -0.05) is 0 Å². The van der Waals surface area contributed by atoms with Gasteiger partial charge >= 0.3 is 0 Å². The Labute approximate surface area is 122 Å². The van der Waals surface area contributed by atoms with Crippen molar-refractivity contribution in [1.82, 2.24) is 14.5 Å². The van der Waals surface area contributed by atoms with Crippen molar-refractivity contribution < 1.29 is 4.39 Å². The number of rotatable bonds is 2. The van der Waals surface area contributed by atoms with Gasteiger partial charge in [0.25, 0.3) is 0 Å². The average molecular weight is 294 g/mol. The zero-order chi connectivity index (χ0) is 13.7. The van der Waals surface area contributed by atoms with Crippen LogP contribution in [0.4, 0.5) is 4.39 Å². The van der Waals surface area contributed by atoms with Gasteiger partial charge in [-0.05, 0) is 37.9 Å². The molecule has 106 valence electrons. The number of imidazole rings is 1. The van der Waals surface area contributed by atoms with Crippen molar-refractivity contribution in [3.8, 4) is 0 Å². The second kappa shape index (κ2) is 4.71. The van der Waals surface area contributed by atoms with Gasteiger partial charge in [0.05, 0.1) is 23.0 Å². The zero-order valence-electron chi connectivity index (χ0n) is 11.2. The summed E-state index contributed by atoms with van der Waals surface area (Å²) >= 11 is 6.07. The molecule has 20 heavy (non-hydrogen) atoms. The van der Waals surface area contributed by atoms with Crippen molar-refractivity contribution >= 4 is 22.6 Å². The first-order valence-corrected chi connectivity index (χ1v) is 7.78. The molecule has 2 saturated heterocycles. The molecule has 5 heteroatoms. The summed E-state index contributed by atoms with van der Waals surface area (Å²) in [6.45, 7) is 2.36. The Bertz CT molecular complexity index is 654. The first-order chi connectivity index (χ1) is 9.78. The minimum absolute atomic E-state index is 0.239. The lowest BCUT2D eigenvalue weighted by atomic mass is 10.1. The van der Waals surface area contributed by atoms with E-state index in [0.717, 1.165) is 29.8 Å². The monoisotopic (exact) mass is 293 g/mol. The molecule has 2 aliphatic heterocycles. The van der Waals surface area contributed by atoms with E-state index in [1.54, 1.807) is 0 Å². The molecule has 3 nitrogen and oxygen atoms in total. The summed E-state index contributed by atoms with van der Waals surface area (Å²) in [5.41, 5.74) is 1.73. The summed E-state index contributed by atoms with van der Waals surface area (Å²) in [7, 11) is 0. The second-order valence-corrected chi connectivity index (χ2v) is 6.03. The molecule has 0 bridgehead atoms. The Balaban J connectivity index is 1.85. The highest BCUT2D eigenvalue weighted by Crippen LogP contribution is 2.38. The van der Waals surface area contributed by atoms with E-state index < -0.39 is 0 Å². The predicted molar refractivity (Wildman–Crippen MR) is 77.5 cm³/mol. The first-order valence-electron chi connectivity index (χ1n) is 7.24. The third-order valence-electron chi connectivity index (χ3n) is 4.75. The van der Waals surface area contributed by atoms with Crippen LogP contribution in [0.1, 0.15) is 31.1 Å². The second-order valence-electron chi connectivity index (χ2n) is 5.77. The molecule has 3 heterocycles. The molecule has 0 radical (unpaired) electrons. The minimum atomic E-state index is -0.239. The quantitative estimate of drug-likeness (QED) is 0.792. The fourth-order valence-corrected chi connectivity index (χ4v) is 4.13.